The van der Waals surface area contributed by atoms with Gasteiger partial charge in [0.2, 0.25) is 5.91 Å². The fraction of sp³-hybridized carbons (Fsp3) is 0.316. The van der Waals surface area contributed by atoms with Crippen molar-refractivity contribution in [2.45, 2.75) is 25.7 Å². The van der Waals surface area contributed by atoms with Crippen molar-refractivity contribution in [2.24, 2.45) is 0 Å². The van der Waals surface area contributed by atoms with Crippen LogP contribution in [0.3, 0.4) is 0 Å². The number of hydrogen-bond donors (Lipinski definition) is 2. The van der Waals surface area contributed by atoms with E-state index in [1.807, 2.05) is 42.5 Å². The number of piperidine rings is 1. The van der Waals surface area contributed by atoms with Gasteiger partial charge < -0.3 is 16.0 Å². The Hall–Kier alpha value is -2.49. The minimum absolute atomic E-state index is 0.0138. The van der Waals surface area contributed by atoms with Gasteiger partial charge in [0.15, 0.2) is 0 Å². The third kappa shape index (κ3) is 4.03. The molecule has 4 heteroatoms. The molecule has 1 fully saturated rings. The lowest BCUT2D eigenvalue weighted by Gasteiger charge is -2.30. The normalized spacial score (nSPS) is 14.5. The highest BCUT2D eigenvalue weighted by Gasteiger charge is 2.15. The van der Waals surface area contributed by atoms with Crippen LogP contribution in [-0.2, 0) is 11.2 Å². The molecule has 0 radical (unpaired) electrons. The van der Waals surface area contributed by atoms with E-state index in [9.17, 15) is 4.79 Å². The van der Waals surface area contributed by atoms with E-state index in [0.717, 1.165) is 30.0 Å². The van der Waals surface area contributed by atoms with Gasteiger partial charge in [-0.15, -0.1) is 0 Å². The van der Waals surface area contributed by atoms with Gasteiger partial charge in [0.05, 0.1) is 17.8 Å². The van der Waals surface area contributed by atoms with Gasteiger partial charge in [-0.25, -0.2) is 0 Å². The van der Waals surface area contributed by atoms with Crippen molar-refractivity contribution in [1.82, 2.24) is 0 Å². The minimum Gasteiger partial charge on any atom is -0.399 e. The standard InChI is InChI=1S/C19H23N3O/c20-16-8-6-7-15(13-16)14-19(23)21-17-9-2-3-10-18(17)22-11-4-1-5-12-22/h2-3,6-10,13H,1,4-5,11-12,14,20H2,(H,21,23). The van der Waals surface area contributed by atoms with E-state index in [-0.39, 0.29) is 5.91 Å². The van der Waals surface area contributed by atoms with E-state index in [1.54, 1.807) is 0 Å². The molecular formula is C19H23N3O. The highest BCUT2D eigenvalue weighted by molar-refractivity contribution is 5.95. The van der Waals surface area contributed by atoms with Crippen LogP contribution in [0.15, 0.2) is 48.5 Å². The molecule has 0 spiro atoms. The molecule has 0 aromatic heterocycles. The van der Waals surface area contributed by atoms with E-state index in [2.05, 4.69) is 16.3 Å². The van der Waals surface area contributed by atoms with Crippen LogP contribution >= 0.6 is 0 Å². The van der Waals surface area contributed by atoms with E-state index in [0.29, 0.717) is 12.1 Å². The van der Waals surface area contributed by atoms with E-state index in [4.69, 9.17) is 5.73 Å². The summed E-state index contributed by atoms with van der Waals surface area (Å²) in [6, 6.07) is 15.5. The van der Waals surface area contributed by atoms with Crippen LogP contribution in [0.1, 0.15) is 24.8 Å². The van der Waals surface area contributed by atoms with Gasteiger partial charge >= 0.3 is 0 Å². The molecule has 0 unspecified atom stereocenters. The maximum absolute atomic E-state index is 12.4. The number of benzene rings is 2. The van der Waals surface area contributed by atoms with Crippen molar-refractivity contribution < 1.29 is 4.79 Å². The second kappa shape index (κ2) is 7.18. The summed E-state index contributed by atoms with van der Waals surface area (Å²) in [5.74, 6) is -0.0138. The number of amides is 1. The summed E-state index contributed by atoms with van der Waals surface area (Å²) in [6.45, 7) is 2.12. The Bertz CT molecular complexity index is 678. The Balaban J connectivity index is 1.71. The molecule has 0 bridgehead atoms. The van der Waals surface area contributed by atoms with Gasteiger partial charge in [-0.1, -0.05) is 24.3 Å². The van der Waals surface area contributed by atoms with Gasteiger partial charge in [0.25, 0.3) is 0 Å². The summed E-state index contributed by atoms with van der Waals surface area (Å²) < 4.78 is 0. The van der Waals surface area contributed by atoms with Crippen LogP contribution in [0.25, 0.3) is 0 Å². The first kappa shape index (κ1) is 15.4. The number of rotatable bonds is 4. The average molecular weight is 309 g/mol. The number of para-hydroxylation sites is 2. The number of carbonyl (C=O) groups is 1. The Kier molecular flexibility index (Phi) is 4.81. The van der Waals surface area contributed by atoms with Gasteiger partial charge in [-0.2, -0.15) is 0 Å². The molecular weight excluding hydrogens is 286 g/mol. The van der Waals surface area contributed by atoms with Crippen LogP contribution in [0.5, 0.6) is 0 Å². The molecule has 1 aliphatic rings. The van der Waals surface area contributed by atoms with Crippen molar-refractivity contribution in [3.63, 3.8) is 0 Å². The lowest BCUT2D eigenvalue weighted by Crippen LogP contribution is -2.30. The van der Waals surface area contributed by atoms with Gasteiger partial charge in [0, 0.05) is 18.8 Å². The molecule has 23 heavy (non-hydrogen) atoms. The quantitative estimate of drug-likeness (QED) is 0.851. The lowest BCUT2D eigenvalue weighted by atomic mass is 10.1. The minimum atomic E-state index is -0.0138. The van der Waals surface area contributed by atoms with E-state index in [1.165, 1.54) is 19.3 Å². The van der Waals surface area contributed by atoms with E-state index < -0.39 is 0 Å². The summed E-state index contributed by atoms with van der Waals surface area (Å²) in [5, 5.41) is 3.05. The Morgan fingerprint density at radius 1 is 1.04 bits per heavy atom. The van der Waals surface area contributed by atoms with Crippen molar-refractivity contribution in [3.8, 4) is 0 Å². The molecule has 2 aromatic rings. The zero-order valence-electron chi connectivity index (χ0n) is 13.3. The monoisotopic (exact) mass is 309 g/mol. The smallest absolute Gasteiger partial charge is 0.228 e. The summed E-state index contributed by atoms with van der Waals surface area (Å²) in [6.07, 6.45) is 4.05. The number of nitrogen functional groups attached to an aromatic ring is 1. The first-order chi connectivity index (χ1) is 11.2. The maximum Gasteiger partial charge on any atom is 0.228 e. The number of nitrogens with zero attached hydrogens (tertiary/aromatic N) is 1. The van der Waals surface area contributed by atoms with Crippen LogP contribution in [0, 0.1) is 0 Å². The molecule has 0 atom stereocenters. The highest BCUT2D eigenvalue weighted by Crippen LogP contribution is 2.28. The average Bonchev–Trinajstić information content (AvgIpc) is 2.56. The summed E-state index contributed by atoms with van der Waals surface area (Å²) in [7, 11) is 0. The number of hydrogen-bond acceptors (Lipinski definition) is 3. The maximum atomic E-state index is 12.4. The molecule has 1 aliphatic heterocycles. The predicted octanol–water partition coefficient (Wildman–Crippen LogP) is 3.44. The fourth-order valence-corrected chi connectivity index (χ4v) is 3.07. The topological polar surface area (TPSA) is 58.4 Å². The fourth-order valence-electron chi connectivity index (χ4n) is 3.07. The number of nitrogens with one attached hydrogen (secondary N) is 1. The van der Waals surface area contributed by atoms with Crippen molar-refractivity contribution in [3.05, 3.63) is 54.1 Å². The zero-order chi connectivity index (χ0) is 16.1. The largest absolute Gasteiger partial charge is 0.399 e. The van der Waals surface area contributed by atoms with Crippen molar-refractivity contribution >= 4 is 23.0 Å². The van der Waals surface area contributed by atoms with Crippen molar-refractivity contribution in [2.75, 3.05) is 29.0 Å². The summed E-state index contributed by atoms with van der Waals surface area (Å²) >= 11 is 0. The molecule has 0 aliphatic carbocycles. The lowest BCUT2D eigenvalue weighted by molar-refractivity contribution is -0.115. The Morgan fingerprint density at radius 2 is 1.83 bits per heavy atom. The first-order valence-electron chi connectivity index (χ1n) is 8.20. The molecule has 120 valence electrons. The molecule has 3 rings (SSSR count). The number of nitrogens with two attached hydrogens (primary N) is 1. The van der Waals surface area contributed by atoms with E-state index >= 15 is 0 Å². The summed E-state index contributed by atoms with van der Waals surface area (Å²) in [5.41, 5.74) is 9.39. The van der Waals surface area contributed by atoms with Crippen LogP contribution < -0.4 is 16.0 Å². The van der Waals surface area contributed by atoms with Gasteiger partial charge in [0.1, 0.15) is 0 Å². The second-order valence-electron chi connectivity index (χ2n) is 6.03. The van der Waals surface area contributed by atoms with Crippen LogP contribution in [0.4, 0.5) is 17.1 Å². The predicted molar refractivity (Wildman–Crippen MR) is 95.7 cm³/mol. The molecule has 1 saturated heterocycles. The molecule has 2 aromatic carbocycles. The second-order valence-corrected chi connectivity index (χ2v) is 6.03. The molecule has 3 N–H and O–H groups in total. The SMILES string of the molecule is Nc1cccc(CC(=O)Nc2ccccc2N2CCCCC2)c1. The third-order valence-corrected chi connectivity index (χ3v) is 4.19. The Morgan fingerprint density at radius 3 is 2.61 bits per heavy atom. The van der Waals surface area contributed by atoms with Crippen LogP contribution in [-0.4, -0.2) is 19.0 Å². The van der Waals surface area contributed by atoms with Crippen LogP contribution in [0.2, 0.25) is 0 Å². The third-order valence-electron chi connectivity index (χ3n) is 4.19. The Labute approximate surface area is 137 Å². The molecule has 4 nitrogen and oxygen atoms in total. The highest BCUT2D eigenvalue weighted by atomic mass is 16.1. The molecule has 1 heterocycles. The number of carbonyl (C=O) groups excluding carboxylic acids is 1. The van der Waals surface area contributed by atoms with Crippen molar-refractivity contribution in [1.29, 1.82) is 0 Å². The first-order valence-corrected chi connectivity index (χ1v) is 8.20. The zero-order valence-corrected chi connectivity index (χ0v) is 13.3. The van der Waals surface area contributed by atoms with Gasteiger partial charge in [-0.05, 0) is 49.1 Å². The molecule has 0 saturated carbocycles. The summed E-state index contributed by atoms with van der Waals surface area (Å²) in [4.78, 5) is 14.7. The molecule has 1 amide bonds. The van der Waals surface area contributed by atoms with Gasteiger partial charge in [-0.3, -0.25) is 4.79 Å². The number of anilines is 3.